The number of Topliss-reactive ketones (excluding diaryl/α,β-unsaturated/α-hetero) is 2. The molecule has 3 aliphatic rings. The number of fused-ring (bicyclic) bond motifs is 1. The van der Waals surface area contributed by atoms with E-state index in [1.807, 2.05) is 6.92 Å². The van der Waals surface area contributed by atoms with Crippen molar-refractivity contribution >= 4 is 28.9 Å². The third-order valence-corrected chi connectivity index (χ3v) is 6.70. The zero-order valence-electron chi connectivity index (χ0n) is 17.6. The minimum Gasteiger partial charge on any atom is -0.506 e. The first-order valence-corrected chi connectivity index (χ1v) is 10.6. The second kappa shape index (κ2) is 7.54. The SMILES string of the molecule is Cc1c(C(O)=C2C(=O)CC(C)CC2=O)ccc2c1C(=O)N(C1CCCC1)C(O)N2C. The van der Waals surface area contributed by atoms with Gasteiger partial charge in [0.15, 0.2) is 11.6 Å². The van der Waals surface area contributed by atoms with Gasteiger partial charge in [-0.3, -0.25) is 19.3 Å². The van der Waals surface area contributed by atoms with E-state index in [1.165, 1.54) is 4.90 Å². The Balaban J connectivity index is 1.82. The van der Waals surface area contributed by atoms with Gasteiger partial charge in [-0.1, -0.05) is 19.8 Å². The highest BCUT2D eigenvalue weighted by atomic mass is 16.3. The van der Waals surface area contributed by atoms with Gasteiger partial charge < -0.3 is 15.1 Å². The van der Waals surface area contributed by atoms with Crippen LogP contribution in [0.4, 0.5) is 5.69 Å². The van der Waals surface area contributed by atoms with Crippen LogP contribution in [0.2, 0.25) is 0 Å². The van der Waals surface area contributed by atoms with Gasteiger partial charge in [0.05, 0.1) is 11.3 Å². The van der Waals surface area contributed by atoms with Gasteiger partial charge in [0.25, 0.3) is 5.91 Å². The normalized spacial score (nSPS) is 25.2. The maximum absolute atomic E-state index is 13.4. The van der Waals surface area contributed by atoms with Crippen LogP contribution in [0.5, 0.6) is 0 Å². The van der Waals surface area contributed by atoms with E-state index < -0.39 is 6.35 Å². The Morgan fingerprint density at radius 1 is 1.07 bits per heavy atom. The lowest BCUT2D eigenvalue weighted by molar-refractivity contribution is -0.125. The lowest BCUT2D eigenvalue weighted by atomic mass is 9.82. The van der Waals surface area contributed by atoms with Gasteiger partial charge in [0, 0.05) is 31.5 Å². The summed E-state index contributed by atoms with van der Waals surface area (Å²) in [6, 6.07) is 3.24. The van der Waals surface area contributed by atoms with Gasteiger partial charge in [0.2, 0.25) is 6.35 Å². The highest BCUT2D eigenvalue weighted by Gasteiger charge is 2.41. The summed E-state index contributed by atoms with van der Waals surface area (Å²) in [4.78, 5) is 41.5. The van der Waals surface area contributed by atoms with Crippen molar-refractivity contribution in [3.05, 3.63) is 34.4 Å². The number of aliphatic hydroxyl groups is 2. The molecule has 1 unspecified atom stereocenters. The second-order valence-corrected chi connectivity index (χ2v) is 8.82. The van der Waals surface area contributed by atoms with Crippen molar-refractivity contribution in [3.63, 3.8) is 0 Å². The summed E-state index contributed by atoms with van der Waals surface area (Å²) in [5, 5.41) is 21.7. The summed E-state index contributed by atoms with van der Waals surface area (Å²) in [7, 11) is 1.73. The summed E-state index contributed by atoms with van der Waals surface area (Å²) >= 11 is 0. The Kier molecular flexibility index (Phi) is 5.18. The molecule has 7 nitrogen and oxygen atoms in total. The molecule has 0 saturated heterocycles. The number of nitrogens with zero attached hydrogens (tertiary/aromatic N) is 2. The molecule has 160 valence electrons. The molecular formula is C23H28N2O5. The molecule has 2 N–H and O–H groups in total. The van der Waals surface area contributed by atoms with E-state index in [9.17, 15) is 24.6 Å². The smallest absolute Gasteiger partial charge is 0.259 e. The fraction of sp³-hybridized carbons (Fsp3) is 0.522. The van der Waals surface area contributed by atoms with E-state index in [1.54, 1.807) is 31.0 Å². The van der Waals surface area contributed by atoms with Crippen molar-refractivity contribution in [1.82, 2.24) is 4.90 Å². The maximum atomic E-state index is 13.4. The molecule has 0 radical (unpaired) electrons. The number of hydrogen-bond acceptors (Lipinski definition) is 6. The van der Waals surface area contributed by atoms with Crippen molar-refractivity contribution in [1.29, 1.82) is 0 Å². The molecule has 1 aromatic rings. The number of amides is 1. The summed E-state index contributed by atoms with van der Waals surface area (Å²) < 4.78 is 0. The van der Waals surface area contributed by atoms with Crippen molar-refractivity contribution in [2.75, 3.05) is 11.9 Å². The summed E-state index contributed by atoms with van der Waals surface area (Å²) in [6.45, 7) is 3.55. The van der Waals surface area contributed by atoms with E-state index in [0.717, 1.165) is 25.7 Å². The van der Waals surface area contributed by atoms with E-state index >= 15 is 0 Å². The number of anilines is 1. The van der Waals surface area contributed by atoms with Crippen LogP contribution in [0.1, 0.15) is 66.9 Å². The van der Waals surface area contributed by atoms with E-state index in [4.69, 9.17) is 0 Å². The molecule has 1 heterocycles. The first kappa shape index (κ1) is 20.6. The molecule has 30 heavy (non-hydrogen) atoms. The van der Waals surface area contributed by atoms with Crippen LogP contribution in [0, 0.1) is 12.8 Å². The van der Waals surface area contributed by atoms with Crippen LogP contribution in [-0.2, 0) is 9.59 Å². The van der Waals surface area contributed by atoms with Crippen LogP contribution in [0.15, 0.2) is 17.7 Å². The molecule has 2 fully saturated rings. The Morgan fingerprint density at radius 2 is 1.67 bits per heavy atom. The Labute approximate surface area is 176 Å². The molecule has 1 aromatic carbocycles. The Bertz CT molecular complexity index is 941. The zero-order valence-corrected chi connectivity index (χ0v) is 17.6. The van der Waals surface area contributed by atoms with Gasteiger partial charge >= 0.3 is 0 Å². The average molecular weight is 412 g/mol. The molecule has 2 saturated carbocycles. The van der Waals surface area contributed by atoms with Gasteiger partial charge in [-0.05, 0) is 43.4 Å². The lowest BCUT2D eigenvalue weighted by Crippen LogP contribution is -2.57. The fourth-order valence-corrected chi connectivity index (χ4v) is 5.06. The number of aliphatic hydroxyl groups excluding tert-OH is 2. The Morgan fingerprint density at radius 3 is 2.27 bits per heavy atom. The topological polar surface area (TPSA) is 98.1 Å². The number of allylic oxidation sites excluding steroid dienone is 1. The van der Waals surface area contributed by atoms with E-state index in [2.05, 4.69) is 0 Å². The van der Waals surface area contributed by atoms with Crippen molar-refractivity contribution in [2.24, 2.45) is 5.92 Å². The molecule has 0 aromatic heterocycles. The number of carbonyl (C=O) groups is 3. The number of carbonyl (C=O) groups excluding carboxylic acids is 3. The van der Waals surface area contributed by atoms with Gasteiger partial charge in [-0.15, -0.1) is 0 Å². The third kappa shape index (κ3) is 3.12. The van der Waals surface area contributed by atoms with E-state index in [-0.39, 0.29) is 53.6 Å². The van der Waals surface area contributed by atoms with Crippen LogP contribution < -0.4 is 4.90 Å². The van der Waals surface area contributed by atoms with Crippen LogP contribution >= 0.6 is 0 Å². The van der Waals surface area contributed by atoms with E-state index in [0.29, 0.717) is 22.4 Å². The van der Waals surface area contributed by atoms with Crippen molar-refractivity contribution < 1.29 is 24.6 Å². The quantitative estimate of drug-likeness (QED) is 0.440. The monoisotopic (exact) mass is 412 g/mol. The molecule has 0 bridgehead atoms. The largest absolute Gasteiger partial charge is 0.506 e. The minimum absolute atomic E-state index is 0.0268. The van der Waals surface area contributed by atoms with Gasteiger partial charge in [-0.2, -0.15) is 0 Å². The lowest BCUT2D eigenvalue weighted by Gasteiger charge is -2.44. The first-order chi connectivity index (χ1) is 14.2. The average Bonchev–Trinajstić information content (AvgIpc) is 3.19. The number of hydrogen-bond donors (Lipinski definition) is 2. The number of benzene rings is 1. The fourth-order valence-electron chi connectivity index (χ4n) is 5.06. The molecule has 1 amide bonds. The van der Waals surface area contributed by atoms with Crippen LogP contribution in [0.3, 0.4) is 0 Å². The maximum Gasteiger partial charge on any atom is 0.259 e. The van der Waals surface area contributed by atoms with Crippen LogP contribution in [-0.4, -0.2) is 52.0 Å². The number of ketones is 2. The zero-order chi connectivity index (χ0) is 21.7. The molecular weight excluding hydrogens is 384 g/mol. The molecule has 0 spiro atoms. The highest BCUT2D eigenvalue weighted by Crippen LogP contribution is 2.39. The summed E-state index contributed by atoms with van der Waals surface area (Å²) in [5.41, 5.74) is 1.60. The predicted octanol–water partition coefficient (Wildman–Crippen LogP) is 2.94. The Hall–Kier alpha value is -2.67. The van der Waals surface area contributed by atoms with Crippen molar-refractivity contribution in [3.8, 4) is 0 Å². The predicted molar refractivity (Wildman–Crippen MR) is 112 cm³/mol. The second-order valence-electron chi connectivity index (χ2n) is 8.82. The van der Waals surface area contributed by atoms with Gasteiger partial charge in [0.1, 0.15) is 11.3 Å². The third-order valence-electron chi connectivity index (χ3n) is 6.70. The standard InChI is InChI=1S/C23H28N2O5/c1-12-10-17(26)20(18(27)11-12)21(28)15-8-9-16-19(13(15)2)22(29)25(23(30)24(16)3)14-6-4-5-7-14/h8-9,12,14,23,28,30H,4-7,10-11H2,1-3H3. The molecule has 2 aliphatic carbocycles. The molecule has 1 aliphatic heterocycles. The van der Waals surface area contributed by atoms with Gasteiger partial charge in [-0.25, -0.2) is 0 Å². The van der Waals surface area contributed by atoms with Crippen LogP contribution in [0.25, 0.3) is 5.76 Å². The van der Waals surface area contributed by atoms with Crippen molar-refractivity contribution in [2.45, 2.75) is 64.8 Å². The molecule has 4 rings (SSSR count). The number of rotatable bonds is 2. The highest BCUT2D eigenvalue weighted by molar-refractivity contribution is 6.26. The first-order valence-electron chi connectivity index (χ1n) is 10.6. The summed E-state index contributed by atoms with van der Waals surface area (Å²) in [5.74, 6) is -1.40. The minimum atomic E-state index is -1.05. The summed E-state index contributed by atoms with van der Waals surface area (Å²) in [6.07, 6.45) is 3.13. The molecule has 7 heteroatoms. The molecule has 1 atom stereocenters.